The molecular formula is C22H24N4O2S. The number of nitrogens with zero attached hydrogens (tertiary/aromatic N) is 4. The van der Waals surface area contributed by atoms with Crippen LogP contribution < -0.4 is 4.80 Å². The third-order valence-corrected chi connectivity index (χ3v) is 5.71. The smallest absolute Gasteiger partial charge is 0.258 e. The fraction of sp³-hybridized carbons (Fsp3) is 0.273. The van der Waals surface area contributed by atoms with Crippen molar-refractivity contribution in [3.8, 4) is 11.3 Å². The molecule has 29 heavy (non-hydrogen) atoms. The first-order valence-corrected chi connectivity index (χ1v) is 10.3. The van der Waals surface area contributed by atoms with Gasteiger partial charge in [0.05, 0.1) is 16.3 Å². The minimum absolute atomic E-state index is 0.0974. The first-order valence-electron chi connectivity index (χ1n) is 9.41. The Labute approximate surface area is 174 Å². The summed E-state index contributed by atoms with van der Waals surface area (Å²) in [5, 5.41) is 18.1. The van der Waals surface area contributed by atoms with Crippen molar-refractivity contribution in [3.05, 3.63) is 78.9 Å². The molecule has 0 aliphatic heterocycles. The predicted octanol–water partition coefficient (Wildman–Crippen LogP) is 5.24. The summed E-state index contributed by atoms with van der Waals surface area (Å²) in [6, 6.07) is 11.5. The van der Waals surface area contributed by atoms with Crippen molar-refractivity contribution in [2.24, 2.45) is 10.1 Å². The quantitative estimate of drug-likeness (QED) is 0.329. The van der Waals surface area contributed by atoms with Gasteiger partial charge in [0.25, 0.3) is 5.69 Å². The Morgan fingerprint density at radius 2 is 1.83 bits per heavy atom. The summed E-state index contributed by atoms with van der Waals surface area (Å²) in [6.07, 6.45) is 0. The first kappa shape index (κ1) is 20.7. The molecule has 0 amide bonds. The maximum atomic E-state index is 11.3. The van der Waals surface area contributed by atoms with Gasteiger partial charge >= 0.3 is 0 Å². The predicted molar refractivity (Wildman–Crippen MR) is 119 cm³/mol. The monoisotopic (exact) mass is 408 g/mol. The fourth-order valence-corrected chi connectivity index (χ4v) is 3.87. The molecule has 0 atom stereocenters. The van der Waals surface area contributed by atoms with E-state index < -0.39 is 0 Å². The number of hydrogen-bond acceptors (Lipinski definition) is 5. The van der Waals surface area contributed by atoms with Crippen LogP contribution in [0.5, 0.6) is 0 Å². The van der Waals surface area contributed by atoms with Crippen LogP contribution in [-0.4, -0.2) is 21.9 Å². The second kappa shape index (κ2) is 8.53. The standard InChI is InChI=1S/C22H24N4O2S/c1-6-23-22-25(21(13-29-22)19-10-7-14(2)16(4)11-19)24-17(5)18-9-8-15(3)20(12-18)26(27)28/h7-13H,6H2,1-5H3. The molecule has 0 aliphatic rings. The van der Waals surface area contributed by atoms with Gasteiger partial charge in [0.1, 0.15) is 0 Å². The molecule has 0 saturated heterocycles. The molecule has 0 fully saturated rings. The highest BCUT2D eigenvalue weighted by Crippen LogP contribution is 2.24. The van der Waals surface area contributed by atoms with E-state index in [0.717, 1.165) is 21.6 Å². The molecule has 3 aromatic rings. The van der Waals surface area contributed by atoms with Gasteiger partial charge in [-0.05, 0) is 51.8 Å². The number of nitro groups is 1. The molecule has 2 aromatic carbocycles. The second-order valence-corrected chi connectivity index (χ2v) is 7.77. The van der Waals surface area contributed by atoms with E-state index in [2.05, 4.69) is 37.0 Å². The highest BCUT2D eigenvalue weighted by atomic mass is 32.1. The molecule has 1 heterocycles. The van der Waals surface area contributed by atoms with Crippen molar-refractivity contribution >= 4 is 22.7 Å². The van der Waals surface area contributed by atoms with Gasteiger partial charge in [-0.25, -0.2) is 4.68 Å². The summed E-state index contributed by atoms with van der Waals surface area (Å²) in [5.41, 5.74) is 6.60. The van der Waals surface area contributed by atoms with E-state index in [1.54, 1.807) is 19.1 Å². The van der Waals surface area contributed by atoms with Crippen molar-refractivity contribution in [1.29, 1.82) is 0 Å². The largest absolute Gasteiger partial charge is 0.272 e. The number of benzene rings is 2. The number of nitro benzene ring substituents is 1. The zero-order valence-corrected chi connectivity index (χ0v) is 18.1. The molecular weight excluding hydrogens is 384 g/mol. The summed E-state index contributed by atoms with van der Waals surface area (Å²) in [7, 11) is 0. The van der Waals surface area contributed by atoms with Crippen LogP contribution in [0.3, 0.4) is 0 Å². The van der Waals surface area contributed by atoms with Gasteiger partial charge in [-0.3, -0.25) is 15.1 Å². The van der Waals surface area contributed by atoms with Gasteiger partial charge in [0.2, 0.25) is 4.80 Å². The topological polar surface area (TPSA) is 72.8 Å². The average Bonchev–Trinajstić information content (AvgIpc) is 3.06. The molecule has 0 saturated carbocycles. The van der Waals surface area contributed by atoms with E-state index in [1.807, 2.05) is 30.0 Å². The third kappa shape index (κ3) is 4.35. The van der Waals surface area contributed by atoms with Crippen LogP contribution in [-0.2, 0) is 0 Å². The molecule has 3 rings (SSSR count). The number of rotatable bonds is 5. The van der Waals surface area contributed by atoms with Gasteiger partial charge in [-0.1, -0.05) is 24.3 Å². The zero-order valence-electron chi connectivity index (χ0n) is 17.3. The van der Waals surface area contributed by atoms with Gasteiger partial charge in [-0.2, -0.15) is 5.10 Å². The van der Waals surface area contributed by atoms with E-state index in [4.69, 9.17) is 5.10 Å². The Hall–Kier alpha value is -3.06. The fourth-order valence-electron chi connectivity index (χ4n) is 2.98. The Bertz CT molecular complexity index is 1170. The van der Waals surface area contributed by atoms with Crippen LogP contribution in [0.4, 0.5) is 5.69 Å². The van der Waals surface area contributed by atoms with Crippen molar-refractivity contribution in [2.45, 2.75) is 34.6 Å². The minimum atomic E-state index is -0.359. The molecule has 0 spiro atoms. The van der Waals surface area contributed by atoms with Gasteiger partial charge < -0.3 is 0 Å². The van der Waals surface area contributed by atoms with Crippen LogP contribution in [0.1, 0.15) is 36.1 Å². The summed E-state index contributed by atoms with van der Waals surface area (Å²) < 4.78 is 1.83. The number of thiazole rings is 1. The molecule has 7 heteroatoms. The highest BCUT2D eigenvalue weighted by Gasteiger charge is 2.14. The van der Waals surface area contributed by atoms with Crippen molar-refractivity contribution in [2.75, 3.05) is 6.54 Å². The maximum Gasteiger partial charge on any atom is 0.272 e. The summed E-state index contributed by atoms with van der Waals surface area (Å²) >= 11 is 1.53. The third-order valence-electron chi connectivity index (χ3n) is 4.85. The molecule has 0 N–H and O–H groups in total. The van der Waals surface area contributed by atoms with Gasteiger partial charge in [-0.15, -0.1) is 11.3 Å². The molecule has 6 nitrogen and oxygen atoms in total. The Kier molecular flexibility index (Phi) is 6.08. The van der Waals surface area contributed by atoms with Crippen LogP contribution in [0, 0.1) is 30.9 Å². The lowest BCUT2D eigenvalue weighted by Crippen LogP contribution is -2.14. The van der Waals surface area contributed by atoms with E-state index in [-0.39, 0.29) is 10.6 Å². The zero-order chi connectivity index (χ0) is 21.1. The van der Waals surface area contributed by atoms with Crippen LogP contribution in [0.25, 0.3) is 11.3 Å². The summed E-state index contributed by atoms with van der Waals surface area (Å²) in [6.45, 7) is 10.4. The minimum Gasteiger partial charge on any atom is -0.258 e. The SMILES string of the molecule is CCN=c1scc(-c2ccc(C)c(C)c2)n1N=C(C)c1ccc(C)c([N+](=O)[O-])c1. The molecule has 1 aromatic heterocycles. The lowest BCUT2D eigenvalue weighted by Gasteiger charge is -2.08. The molecule has 0 bridgehead atoms. The highest BCUT2D eigenvalue weighted by molar-refractivity contribution is 7.07. The molecule has 150 valence electrons. The number of aromatic nitrogens is 1. The lowest BCUT2D eigenvalue weighted by atomic mass is 10.0. The molecule has 0 radical (unpaired) electrons. The summed E-state index contributed by atoms with van der Waals surface area (Å²) in [4.78, 5) is 16.3. The summed E-state index contributed by atoms with van der Waals surface area (Å²) in [5.74, 6) is 0. The van der Waals surface area contributed by atoms with Gasteiger partial charge in [0, 0.05) is 34.7 Å². The van der Waals surface area contributed by atoms with Crippen molar-refractivity contribution in [1.82, 2.24) is 4.68 Å². The van der Waals surface area contributed by atoms with E-state index in [1.165, 1.54) is 22.5 Å². The van der Waals surface area contributed by atoms with Crippen molar-refractivity contribution in [3.63, 3.8) is 0 Å². The van der Waals surface area contributed by atoms with Crippen LogP contribution >= 0.6 is 11.3 Å². The normalized spacial score (nSPS) is 12.4. The second-order valence-electron chi connectivity index (χ2n) is 6.93. The van der Waals surface area contributed by atoms with Crippen LogP contribution in [0.2, 0.25) is 0 Å². The average molecular weight is 409 g/mol. The number of hydrogen-bond donors (Lipinski definition) is 0. The van der Waals surface area contributed by atoms with Gasteiger partial charge in [0.15, 0.2) is 0 Å². The Balaban J connectivity index is 2.16. The lowest BCUT2D eigenvalue weighted by molar-refractivity contribution is -0.385. The number of aryl methyl sites for hydroxylation is 3. The molecule has 0 aliphatic carbocycles. The van der Waals surface area contributed by atoms with E-state index >= 15 is 0 Å². The Morgan fingerprint density at radius 3 is 2.48 bits per heavy atom. The van der Waals surface area contributed by atoms with Crippen molar-refractivity contribution < 1.29 is 4.92 Å². The molecule has 0 unspecified atom stereocenters. The maximum absolute atomic E-state index is 11.3. The Morgan fingerprint density at radius 1 is 1.10 bits per heavy atom. The van der Waals surface area contributed by atoms with E-state index in [0.29, 0.717) is 17.8 Å². The van der Waals surface area contributed by atoms with E-state index in [9.17, 15) is 10.1 Å². The van der Waals surface area contributed by atoms with Crippen LogP contribution in [0.15, 0.2) is 51.9 Å². The first-order chi connectivity index (χ1) is 13.8.